The van der Waals surface area contributed by atoms with Crippen molar-refractivity contribution in [3.05, 3.63) is 33.5 Å². The monoisotopic (exact) mass is 409 g/mol. The summed E-state index contributed by atoms with van der Waals surface area (Å²) in [7, 11) is 4.54. The van der Waals surface area contributed by atoms with Gasteiger partial charge in [-0.05, 0) is 24.3 Å². The Balaban J connectivity index is 1.78. The minimum atomic E-state index is -0.284. The number of carbonyl (C=O) groups excluding carboxylic acids is 1. The number of methoxy groups -OCH3 is 3. The molecule has 0 atom stereocenters. The topological polar surface area (TPSA) is 95.7 Å². The van der Waals surface area contributed by atoms with Crippen LogP contribution < -0.4 is 19.5 Å². The molecular formula is C17H16ClN3O5S. The summed E-state index contributed by atoms with van der Waals surface area (Å²) < 4.78 is 22.0. The smallest absolute Gasteiger partial charge is 0.322 e. The van der Waals surface area contributed by atoms with Crippen LogP contribution in [0.2, 0.25) is 4.34 Å². The quantitative estimate of drug-likeness (QED) is 0.636. The Labute approximate surface area is 164 Å². The van der Waals surface area contributed by atoms with Gasteiger partial charge in [0.25, 0.3) is 0 Å². The first-order chi connectivity index (χ1) is 13.0. The van der Waals surface area contributed by atoms with Crippen molar-refractivity contribution < 1.29 is 23.4 Å². The van der Waals surface area contributed by atoms with Gasteiger partial charge in [-0.3, -0.25) is 10.1 Å². The van der Waals surface area contributed by atoms with Crippen molar-refractivity contribution in [1.82, 2.24) is 10.2 Å². The Morgan fingerprint density at radius 3 is 2.41 bits per heavy atom. The van der Waals surface area contributed by atoms with E-state index in [4.69, 9.17) is 30.2 Å². The van der Waals surface area contributed by atoms with Crippen molar-refractivity contribution in [1.29, 1.82) is 0 Å². The van der Waals surface area contributed by atoms with Crippen molar-refractivity contribution in [2.24, 2.45) is 0 Å². The van der Waals surface area contributed by atoms with Gasteiger partial charge in [-0.25, -0.2) is 0 Å². The number of carbonyl (C=O) groups is 1. The fraction of sp³-hybridized carbons (Fsp3) is 0.235. The van der Waals surface area contributed by atoms with E-state index in [1.807, 2.05) is 0 Å². The molecule has 142 valence electrons. The number of benzene rings is 1. The van der Waals surface area contributed by atoms with Crippen molar-refractivity contribution in [3.63, 3.8) is 0 Å². The van der Waals surface area contributed by atoms with Crippen LogP contribution in [0.3, 0.4) is 0 Å². The zero-order valence-corrected chi connectivity index (χ0v) is 16.3. The number of ether oxygens (including phenoxy) is 3. The van der Waals surface area contributed by atoms with Gasteiger partial charge in [0, 0.05) is 10.4 Å². The van der Waals surface area contributed by atoms with Crippen LogP contribution in [-0.2, 0) is 11.2 Å². The van der Waals surface area contributed by atoms with E-state index in [0.29, 0.717) is 27.1 Å². The van der Waals surface area contributed by atoms with Gasteiger partial charge in [-0.15, -0.1) is 16.4 Å². The zero-order valence-electron chi connectivity index (χ0n) is 14.7. The summed E-state index contributed by atoms with van der Waals surface area (Å²) in [4.78, 5) is 12.9. The lowest BCUT2D eigenvalue weighted by Crippen LogP contribution is -2.13. The van der Waals surface area contributed by atoms with E-state index in [-0.39, 0.29) is 24.2 Å². The molecule has 27 heavy (non-hydrogen) atoms. The van der Waals surface area contributed by atoms with Crippen molar-refractivity contribution >= 4 is 34.9 Å². The van der Waals surface area contributed by atoms with E-state index in [2.05, 4.69) is 15.5 Å². The Kier molecular flexibility index (Phi) is 5.82. The number of aromatic nitrogens is 2. The number of rotatable bonds is 7. The highest BCUT2D eigenvalue weighted by atomic mass is 35.5. The second-order valence-electron chi connectivity index (χ2n) is 5.26. The Morgan fingerprint density at radius 1 is 1.15 bits per heavy atom. The van der Waals surface area contributed by atoms with E-state index in [1.54, 1.807) is 24.3 Å². The van der Waals surface area contributed by atoms with E-state index in [0.717, 1.165) is 4.88 Å². The lowest BCUT2D eigenvalue weighted by Gasteiger charge is -2.12. The first-order valence-electron chi connectivity index (χ1n) is 7.72. The molecule has 1 amide bonds. The minimum absolute atomic E-state index is 0.00796. The third-order valence-corrected chi connectivity index (χ3v) is 4.78. The molecule has 10 heteroatoms. The molecule has 1 N–H and O–H groups in total. The van der Waals surface area contributed by atoms with E-state index in [1.165, 1.54) is 32.7 Å². The third kappa shape index (κ3) is 4.32. The summed E-state index contributed by atoms with van der Waals surface area (Å²) in [5, 5.41) is 10.4. The van der Waals surface area contributed by atoms with Gasteiger partial charge in [0.2, 0.25) is 17.5 Å². The number of hydrogen-bond donors (Lipinski definition) is 1. The van der Waals surface area contributed by atoms with Gasteiger partial charge >= 0.3 is 6.01 Å². The number of nitrogens with one attached hydrogen (secondary N) is 1. The number of amides is 1. The van der Waals surface area contributed by atoms with Gasteiger partial charge in [0.1, 0.15) is 0 Å². The lowest BCUT2D eigenvalue weighted by atomic mass is 10.2. The second kappa shape index (κ2) is 8.28. The molecule has 2 aromatic heterocycles. The number of anilines is 1. The molecule has 0 aliphatic heterocycles. The average Bonchev–Trinajstić information content (AvgIpc) is 3.29. The highest BCUT2D eigenvalue weighted by Crippen LogP contribution is 2.41. The van der Waals surface area contributed by atoms with Crippen molar-refractivity contribution in [2.45, 2.75) is 6.42 Å². The van der Waals surface area contributed by atoms with E-state index < -0.39 is 0 Å². The first kappa shape index (κ1) is 19.0. The van der Waals surface area contributed by atoms with Crippen molar-refractivity contribution in [3.8, 4) is 28.7 Å². The highest BCUT2D eigenvalue weighted by Gasteiger charge is 2.18. The predicted octanol–water partition coefficient (Wildman–Crippen LogP) is 3.66. The molecule has 0 saturated heterocycles. The van der Waals surface area contributed by atoms with Crippen LogP contribution in [0.4, 0.5) is 6.01 Å². The molecule has 8 nitrogen and oxygen atoms in total. The molecule has 3 rings (SSSR count). The maximum atomic E-state index is 12.1. The fourth-order valence-electron chi connectivity index (χ4n) is 2.36. The maximum Gasteiger partial charge on any atom is 0.322 e. The average molecular weight is 410 g/mol. The SMILES string of the molecule is COc1cc(-c2nnc(NC(=O)Cc3ccc(Cl)s3)o2)cc(OC)c1OC. The summed E-state index contributed by atoms with van der Waals surface area (Å²) in [6.07, 6.45) is 0.166. The van der Waals surface area contributed by atoms with Gasteiger partial charge in [-0.2, -0.15) is 0 Å². The van der Waals surface area contributed by atoms with Gasteiger partial charge < -0.3 is 18.6 Å². The second-order valence-corrected chi connectivity index (χ2v) is 7.06. The molecule has 0 fully saturated rings. The zero-order chi connectivity index (χ0) is 19.4. The van der Waals surface area contributed by atoms with E-state index in [9.17, 15) is 4.79 Å². The standard InChI is InChI=1S/C17H16ClN3O5S/c1-23-11-6-9(7-12(24-2)15(11)25-3)16-20-21-17(26-16)19-14(22)8-10-4-5-13(18)27-10/h4-7H,8H2,1-3H3,(H,19,21,22). The van der Waals surface area contributed by atoms with Crippen LogP contribution in [0.25, 0.3) is 11.5 Å². The van der Waals surface area contributed by atoms with Crippen LogP contribution >= 0.6 is 22.9 Å². The summed E-state index contributed by atoms with van der Waals surface area (Å²) in [6, 6.07) is 6.88. The molecule has 0 saturated carbocycles. The van der Waals surface area contributed by atoms with E-state index >= 15 is 0 Å². The first-order valence-corrected chi connectivity index (χ1v) is 8.91. The van der Waals surface area contributed by atoms with Gasteiger partial charge in [-0.1, -0.05) is 16.7 Å². The molecule has 0 aliphatic carbocycles. The normalized spacial score (nSPS) is 10.5. The van der Waals surface area contributed by atoms with Crippen LogP contribution in [0.15, 0.2) is 28.7 Å². The molecular weight excluding hydrogens is 394 g/mol. The molecule has 0 radical (unpaired) electrons. The number of nitrogens with zero attached hydrogens (tertiary/aromatic N) is 2. The molecule has 1 aromatic carbocycles. The summed E-state index contributed by atoms with van der Waals surface area (Å²) in [5.41, 5.74) is 0.558. The summed E-state index contributed by atoms with van der Waals surface area (Å²) >= 11 is 7.20. The minimum Gasteiger partial charge on any atom is -0.493 e. The largest absolute Gasteiger partial charge is 0.493 e. The van der Waals surface area contributed by atoms with Crippen LogP contribution in [-0.4, -0.2) is 37.4 Å². The lowest BCUT2D eigenvalue weighted by molar-refractivity contribution is -0.115. The Hall–Kier alpha value is -2.78. The van der Waals surface area contributed by atoms with Gasteiger partial charge in [0.15, 0.2) is 11.5 Å². The molecule has 0 spiro atoms. The third-order valence-electron chi connectivity index (χ3n) is 3.55. The van der Waals surface area contributed by atoms with Crippen LogP contribution in [0, 0.1) is 0 Å². The van der Waals surface area contributed by atoms with Crippen LogP contribution in [0.5, 0.6) is 17.2 Å². The summed E-state index contributed by atoms with van der Waals surface area (Å²) in [6.45, 7) is 0. The fourth-order valence-corrected chi connectivity index (χ4v) is 3.45. The molecule has 0 unspecified atom stereocenters. The molecule has 2 heterocycles. The Morgan fingerprint density at radius 2 is 1.85 bits per heavy atom. The maximum absolute atomic E-state index is 12.1. The number of halogens is 1. The highest BCUT2D eigenvalue weighted by molar-refractivity contribution is 7.16. The predicted molar refractivity (Wildman–Crippen MR) is 101 cm³/mol. The molecule has 3 aromatic rings. The van der Waals surface area contributed by atoms with Crippen LogP contribution in [0.1, 0.15) is 4.88 Å². The molecule has 0 aliphatic rings. The molecule has 0 bridgehead atoms. The summed E-state index contributed by atoms with van der Waals surface area (Å²) in [5.74, 6) is 1.26. The number of thiophene rings is 1. The number of hydrogen-bond acceptors (Lipinski definition) is 8. The van der Waals surface area contributed by atoms with Crippen molar-refractivity contribution in [2.75, 3.05) is 26.6 Å². The van der Waals surface area contributed by atoms with Gasteiger partial charge in [0.05, 0.1) is 32.1 Å². The Bertz CT molecular complexity index is 931.